The Balaban J connectivity index is 1.62. The molecule has 3 rings (SSSR count). The van der Waals surface area contributed by atoms with Gasteiger partial charge in [-0.3, -0.25) is 9.59 Å². The zero-order valence-corrected chi connectivity index (χ0v) is 18.3. The largest absolute Gasteiger partial charge is 0.483 e. The highest BCUT2D eigenvalue weighted by Gasteiger charge is 2.25. The van der Waals surface area contributed by atoms with E-state index in [1.165, 1.54) is 16.4 Å². The molecule has 0 radical (unpaired) electrons. The molecule has 1 aliphatic rings. The first-order chi connectivity index (χ1) is 14.8. The van der Waals surface area contributed by atoms with E-state index in [4.69, 9.17) is 10.5 Å². The third-order valence-corrected chi connectivity index (χ3v) is 7.02. The summed E-state index contributed by atoms with van der Waals surface area (Å²) < 4.78 is 32.7. The van der Waals surface area contributed by atoms with Gasteiger partial charge in [0.2, 0.25) is 10.0 Å². The van der Waals surface area contributed by atoms with Crippen LogP contribution in [-0.4, -0.2) is 44.2 Å². The van der Waals surface area contributed by atoms with Crippen molar-refractivity contribution in [1.82, 2.24) is 4.31 Å². The van der Waals surface area contributed by atoms with Crippen molar-refractivity contribution in [3.05, 3.63) is 53.6 Å². The maximum absolute atomic E-state index is 12.8. The van der Waals surface area contributed by atoms with E-state index in [9.17, 15) is 18.0 Å². The van der Waals surface area contributed by atoms with Crippen LogP contribution in [0.25, 0.3) is 0 Å². The first kappa shape index (κ1) is 22.8. The highest BCUT2D eigenvalue weighted by molar-refractivity contribution is 7.89. The van der Waals surface area contributed by atoms with Crippen LogP contribution in [0.15, 0.2) is 47.4 Å². The summed E-state index contributed by atoms with van der Waals surface area (Å²) in [6.07, 6.45) is 3.82. The van der Waals surface area contributed by atoms with Gasteiger partial charge in [0.1, 0.15) is 5.75 Å². The second-order valence-electron chi connectivity index (χ2n) is 7.54. The number of carbonyl (C=O) groups excluding carboxylic acids is 2. The van der Waals surface area contributed by atoms with E-state index in [0.717, 1.165) is 31.2 Å². The molecule has 3 N–H and O–H groups in total. The van der Waals surface area contributed by atoms with Crippen LogP contribution >= 0.6 is 0 Å². The van der Waals surface area contributed by atoms with Gasteiger partial charge in [0.05, 0.1) is 10.5 Å². The Hall–Kier alpha value is -2.91. The summed E-state index contributed by atoms with van der Waals surface area (Å²) in [7, 11) is -3.54. The minimum atomic E-state index is -3.54. The molecule has 1 aliphatic heterocycles. The van der Waals surface area contributed by atoms with E-state index in [0.29, 0.717) is 18.8 Å². The van der Waals surface area contributed by atoms with Gasteiger partial charge in [-0.05, 0) is 61.7 Å². The quantitative estimate of drug-likeness (QED) is 0.679. The summed E-state index contributed by atoms with van der Waals surface area (Å²) in [5, 5.41) is 2.66. The molecule has 2 amide bonds. The van der Waals surface area contributed by atoms with Crippen LogP contribution in [0.1, 0.15) is 41.6 Å². The number of amides is 2. The van der Waals surface area contributed by atoms with Gasteiger partial charge in [-0.1, -0.05) is 18.9 Å². The second-order valence-corrected chi connectivity index (χ2v) is 9.48. The lowest BCUT2D eigenvalue weighted by molar-refractivity contribution is -0.118. The molecule has 0 aromatic heterocycles. The number of carbonyl (C=O) groups is 2. The smallest absolute Gasteiger partial charge is 0.262 e. The standard InChI is InChI=1S/C22H27N3O5S/c1-16-6-11-19(22(23)27)20(14-16)30-15-21(26)24-17-7-9-18(10-8-17)31(28,29)25-12-4-2-3-5-13-25/h6-11,14H,2-5,12-13,15H2,1H3,(H2,23,27)(H,24,26). The van der Waals surface area contributed by atoms with Gasteiger partial charge < -0.3 is 15.8 Å². The summed E-state index contributed by atoms with van der Waals surface area (Å²) in [5.74, 6) is -0.849. The number of primary amides is 1. The van der Waals surface area contributed by atoms with E-state index >= 15 is 0 Å². The molecule has 0 bridgehead atoms. The minimum Gasteiger partial charge on any atom is -0.483 e. The monoisotopic (exact) mass is 445 g/mol. The number of rotatable bonds is 7. The molecule has 1 saturated heterocycles. The maximum Gasteiger partial charge on any atom is 0.262 e. The summed E-state index contributed by atoms with van der Waals surface area (Å²) in [6, 6.07) is 11.0. The Morgan fingerprint density at radius 3 is 2.29 bits per heavy atom. The zero-order valence-electron chi connectivity index (χ0n) is 17.5. The van der Waals surface area contributed by atoms with Crippen molar-refractivity contribution in [1.29, 1.82) is 0 Å². The van der Waals surface area contributed by atoms with Gasteiger partial charge in [-0.25, -0.2) is 8.42 Å². The normalized spacial score (nSPS) is 15.1. The fraction of sp³-hybridized carbons (Fsp3) is 0.364. The van der Waals surface area contributed by atoms with Gasteiger partial charge in [0, 0.05) is 18.8 Å². The lowest BCUT2D eigenvalue weighted by Gasteiger charge is -2.20. The number of nitrogens with two attached hydrogens (primary N) is 1. The number of hydrogen-bond donors (Lipinski definition) is 2. The van der Waals surface area contributed by atoms with Crippen molar-refractivity contribution < 1.29 is 22.7 Å². The molecule has 31 heavy (non-hydrogen) atoms. The van der Waals surface area contributed by atoms with Crippen LogP contribution in [-0.2, 0) is 14.8 Å². The van der Waals surface area contributed by atoms with Gasteiger partial charge in [-0.2, -0.15) is 4.31 Å². The molecule has 8 nitrogen and oxygen atoms in total. The van der Waals surface area contributed by atoms with Crippen molar-refractivity contribution in [3.8, 4) is 5.75 Å². The molecule has 2 aromatic rings. The van der Waals surface area contributed by atoms with E-state index < -0.39 is 21.8 Å². The summed E-state index contributed by atoms with van der Waals surface area (Å²) in [5.41, 5.74) is 6.84. The lowest BCUT2D eigenvalue weighted by Crippen LogP contribution is -2.31. The van der Waals surface area contributed by atoms with Gasteiger partial charge in [0.15, 0.2) is 6.61 Å². The average Bonchev–Trinajstić information content (AvgIpc) is 3.03. The van der Waals surface area contributed by atoms with Gasteiger partial charge >= 0.3 is 0 Å². The summed E-state index contributed by atoms with van der Waals surface area (Å²) in [6.45, 7) is 2.57. The Labute approximate surface area is 182 Å². The molecule has 2 aromatic carbocycles. The molecule has 0 aliphatic carbocycles. The van der Waals surface area contributed by atoms with E-state index in [2.05, 4.69) is 5.32 Å². The zero-order chi connectivity index (χ0) is 22.4. The number of hydrogen-bond acceptors (Lipinski definition) is 5. The van der Waals surface area contributed by atoms with Crippen molar-refractivity contribution in [3.63, 3.8) is 0 Å². The van der Waals surface area contributed by atoms with Crippen molar-refractivity contribution in [2.24, 2.45) is 5.73 Å². The third kappa shape index (κ3) is 5.83. The SMILES string of the molecule is Cc1ccc(C(N)=O)c(OCC(=O)Nc2ccc(S(=O)(=O)N3CCCCCC3)cc2)c1. The van der Waals surface area contributed by atoms with E-state index in [-0.39, 0.29) is 22.8 Å². The van der Waals surface area contributed by atoms with Crippen LogP contribution in [0.2, 0.25) is 0 Å². The van der Waals surface area contributed by atoms with Crippen molar-refractivity contribution in [2.45, 2.75) is 37.5 Å². The number of nitrogens with one attached hydrogen (secondary N) is 1. The molecular weight excluding hydrogens is 418 g/mol. The number of anilines is 1. The third-order valence-electron chi connectivity index (χ3n) is 5.10. The average molecular weight is 446 g/mol. The lowest BCUT2D eigenvalue weighted by atomic mass is 10.1. The number of benzene rings is 2. The minimum absolute atomic E-state index is 0.196. The van der Waals surface area contributed by atoms with Crippen LogP contribution in [0.3, 0.4) is 0 Å². The van der Waals surface area contributed by atoms with Crippen molar-refractivity contribution >= 4 is 27.5 Å². The molecule has 1 fully saturated rings. The molecule has 9 heteroatoms. The molecule has 1 heterocycles. The molecule has 0 unspecified atom stereocenters. The number of aryl methyl sites for hydroxylation is 1. The molecule has 0 spiro atoms. The van der Waals surface area contributed by atoms with Crippen LogP contribution < -0.4 is 15.8 Å². The van der Waals surface area contributed by atoms with Crippen LogP contribution in [0, 0.1) is 6.92 Å². The second kappa shape index (κ2) is 9.93. The predicted molar refractivity (Wildman–Crippen MR) is 117 cm³/mol. The number of sulfonamides is 1. The van der Waals surface area contributed by atoms with Gasteiger partial charge in [0.25, 0.3) is 11.8 Å². The number of nitrogens with zero attached hydrogens (tertiary/aromatic N) is 1. The van der Waals surface area contributed by atoms with Crippen LogP contribution in [0.4, 0.5) is 5.69 Å². The van der Waals surface area contributed by atoms with E-state index in [1.54, 1.807) is 30.3 Å². The van der Waals surface area contributed by atoms with Crippen molar-refractivity contribution in [2.75, 3.05) is 25.0 Å². The first-order valence-electron chi connectivity index (χ1n) is 10.2. The topological polar surface area (TPSA) is 119 Å². The fourth-order valence-electron chi connectivity index (χ4n) is 3.43. The van der Waals surface area contributed by atoms with Gasteiger partial charge in [-0.15, -0.1) is 0 Å². The fourth-order valence-corrected chi connectivity index (χ4v) is 4.95. The maximum atomic E-state index is 12.8. The number of ether oxygens (including phenoxy) is 1. The Morgan fingerprint density at radius 1 is 1.03 bits per heavy atom. The Kier molecular flexibility index (Phi) is 7.29. The molecular formula is C22H27N3O5S. The first-order valence-corrected chi connectivity index (χ1v) is 11.6. The summed E-state index contributed by atoms with van der Waals surface area (Å²) in [4.78, 5) is 23.9. The van der Waals surface area contributed by atoms with E-state index in [1.807, 2.05) is 6.92 Å². The molecule has 166 valence electrons. The van der Waals surface area contributed by atoms with Crippen LogP contribution in [0.5, 0.6) is 5.75 Å². The highest BCUT2D eigenvalue weighted by Crippen LogP contribution is 2.22. The molecule has 0 atom stereocenters. The summed E-state index contributed by atoms with van der Waals surface area (Å²) >= 11 is 0. The predicted octanol–water partition coefficient (Wildman–Crippen LogP) is 2.68. The molecule has 0 saturated carbocycles. The Morgan fingerprint density at radius 2 is 1.68 bits per heavy atom. The Bertz CT molecular complexity index is 1040. The highest BCUT2D eigenvalue weighted by atomic mass is 32.2.